The van der Waals surface area contributed by atoms with Gasteiger partial charge >= 0.3 is 0 Å². The first kappa shape index (κ1) is 5.06. The fraction of sp³-hybridized carbons (Fsp3) is 1.00. The summed E-state index contributed by atoms with van der Waals surface area (Å²) in [6, 6.07) is 0. The summed E-state index contributed by atoms with van der Waals surface area (Å²) in [4.78, 5) is 0. The highest BCUT2D eigenvalue weighted by Crippen LogP contribution is 2.37. The van der Waals surface area contributed by atoms with E-state index in [-0.39, 0.29) is 12.2 Å². The van der Waals surface area contributed by atoms with E-state index in [0.717, 1.165) is 12.8 Å². The Hall–Kier alpha value is -0.0800. The fourth-order valence-corrected chi connectivity index (χ4v) is 0.547. The quantitative estimate of drug-likeness (QED) is 0.500. The second-order valence-corrected chi connectivity index (χ2v) is 2.03. The summed E-state index contributed by atoms with van der Waals surface area (Å²) in [5, 5.41) is 10.1. The Morgan fingerprint density at radius 3 is 2.29 bits per heavy atom. The van der Waals surface area contributed by atoms with Gasteiger partial charge in [0.25, 0.3) is 0 Å². The topological polar surface area (TPSA) is 29.1 Å². The largest absolute Gasteiger partial charge is 0.376 e. The van der Waals surface area contributed by atoms with Gasteiger partial charge in [0.15, 0.2) is 0 Å². The summed E-state index contributed by atoms with van der Waals surface area (Å²) < 4.78 is 4.89. The van der Waals surface area contributed by atoms with E-state index in [0.29, 0.717) is 0 Å². The van der Waals surface area contributed by atoms with Gasteiger partial charge in [-0.2, -0.15) is 0 Å². The normalized spacial score (nSPS) is 24.9. The standard InChI is InChI=1S/C5H9O2/c1-7-5(4-6)2-3-5/h2-4H2,1H3. The zero-order chi connectivity index (χ0) is 5.33. The molecular formula is C5H9O2. The van der Waals surface area contributed by atoms with E-state index in [1.807, 2.05) is 0 Å². The molecule has 2 nitrogen and oxygen atoms in total. The van der Waals surface area contributed by atoms with Crippen LogP contribution in [0, 0.1) is 0 Å². The molecule has 0 heterocycles. The molecule has 1 saturated carbocycles. The molecule has 1 aliphatic carbocycles. The molecule has 0 saturated heterocycles. The predicted octanol–water partition coefficient (Wildman–Crippen LogP) is 0.596. The summed E-state index contributed by atoms with van der Waals surface area (Å²) in [5.41, 5.74) is -0.222. The molecule has 1 radical (unpaired) electrons. The molecule has 0 amide bonds. The second-order valence-electron chi connectivity index (χ2n) is 2.03. The van der Waals surface area contributed by atoms with E-state index < -0.39 is 0 Å². The molecule has 0 unspecified atom stereocenters. The Labute approximate surface area is 43.1 Å². The van der Waals surface area contributed by atoms with Crippen molar-refractivity contribution in [1.82, 2.24) is 0 Å². The SMILES string of the molecule is COC1(C[O])CC1. The Bertz CT molecular complexity index is 60.5. The highest BCUT2D eigenvalue weighted by Gasteiger charge is 2.42. The highest BCUT2D eigenvalue weighted by molar-refractivity contribution is 4.94. The van der Waals surface area contributed by atoms with Crippen LogP contribution in [0.1, 0.15) is 12.8 Å². The molecule has 1 rings (SSSR count). The van der Waals surface area contributed by atoms with Crippen LogP contribution in [-0.4, -0.2) is 19.3 Å². The van der Waals surface area contributed by atoms with E-state index in [4.69, 9.17) is 4.74 Å². The molecule has 41 valence electrons. The Balaban J connectivity index is 2.28. The maximum Gasteiger partial charge on any atom is 0.111 e. The van der Waals surface area contributed by atoms with Gasteiger partial charge in [0.2, 0.25) is 0 Å². The molecule has 0 atom stereocenters. The van der Waals surface area contributed by atoms with Gasteiger partial charge < -0.3 is 4.74 Å². The molecular weight excluding hydrogens is 92.1 g/mol. The van der Waals surface area contributed by atoms with E-state index in [9.17, 15) is 5.11 Å². The molecule has 2 heteroatoms. The number of methoxy groups -OCH3 is 1. The summed E-state index contributed by atoms with van der Waals surface area (Å²) in [6.07, 6.45) is 1.93. The van der Waals surface area contributed by atoms with Gasteiger partial charge in [0, 0.05) is 7.11 Å². The zero-order valence-corrected chi connectivity index (χ0v) is 4.44. The van der Waals surface area contributed by atoms with E-state index in [1.165, 1.54) is 0 Å². The van der Waals surface area contributed by atoms with E-state index in [2.05, 4.69) is 0 Å². The average Bonchev–Trinajstić information content (AvgIpc) is 2.46. The van der Waals surface area contributed by atoms with Gasteiger partial charge in [0.1, 0.15) is 6.61 Å². The molecule has 0 aromatic heterocycles. The van der Waals surface area contributed by atoms with Gasteiger partial charge in [-0.05, 0) is 12.8 Å². The number of rotatable bonds is 2. The number of hydrogen-bond donors (Lipinski definition) is 0. The average molecular weight is 101 g/mol. The van der Waals surface area contributed by atoms with Crippen molar-refractivity contribution >= 4 is 0 Å². The van der Waals surface area contributed by atoms with Crippen molar-refractivity contribution in [1.29, 1.82) is 0 Å². The van der Waals surface area contributed by atoms with Crippen LogP contribution in [-0.2, 0) is 9.84 Å². The van der Waals surface area contributed by atoms with Crippen LogP contribution in [0.25, 0.3) is 0 Å². The minimum absolute atomic E-state index is 0.0660. The summed E-state index contributed by atoms with van der Waals surface area (Å²) in [6.45, 7) is -0.0660. The van der Waals surface area contributed by atoms with E-state index >= 15 is 0 Å². The van der Waals surface area contributed by atoms with Gasteiger partial charge in [-0.25, -0.2) is 5.11 Å². The van der Waals surface area contributed by atoms with Crippen molar-refractivity contribution in [2.45, 2.75) is 18.4 Å². The molecule has 1 aliphatic rings. The van der Waals surface area contributed by atoms with E-state index in [1.54, 1.807) is 7.11 Å². The summed E-state index contributed by atoms with van der Waals surface area (Å²) in [7, 11) is 1.60. The summed E-state index contributed by atoms with van der Waals surface area (Å²) >= 11 is 0. The molecule has 0 aromatic rings. The highest BCUT2D eigenvalue weighted by atomic mass is 16.5. The van der Waals surface area contributed by atoms with Crippen LogP contribution in [0.15, 0.2) is 0 Å². The van der Waals surface area contributed by atoms with Gasteiger partial charge in [-0.15, -0.1) is 0 Å². The first-order valence-electron chi connectivity index (χ1n) is 2.46. The maximum atomic E-state index is 10.1. The molecule has 0 bridgehead atoms. The molecule has 0 N–H and O–H groups in total. The van der Waals surface area contributed by atoms with Crippen molar-refractivity contribution in [2.24, 2.45) is 0 Å². The molecule has 1 fully saturated rings. The van der Waals surface area contributed by atoms with Crippen molar-refractivity contribution in [3.63, 3.8) is 0 Å². The minimum atomic E-state index is -0.222. The van der Waals surface area contributed by atoms with Crippen LogP contribution >= 0.6 is 0 Å². The van der Waals surface area contributed by atoms with Crippen LogP contribution in [0.2, 0.25) is 0 Å². The minimum Gasteiger partial charge on any atom is -0.376 e. The Morgan fingerprint density at radius 2 is 2.29 bits per heavy atom. The lowest BCUT2D eigenvalue weighted by atomic mass is 10.4. The third-order valence-corrected chi connectivity index (χ3v) is 1.50. The summed E-state index contributed by atoms with van der Waals surface area (Å²) in [5.74, 6) is 0. The van der Waals surface area contributed by atoms with Crippen molar-refractivity contribution in [3.05, 3.63) is 0 Å². The molecule has 0 aliphatic heterocycles. The third kappa shape index (κ3) is 0.763. The fourth-order valence-electron chi connectivity index (χ4n) is 0.547. The lowest BCUT2D eigenvalue weighted by Crippen LogP contribution is -2.14. The van der Waals surface area contributed by atoms with Crippen LogP contribution in [0.3, 0.4) is 0 Å². The van der Waals surface area contributed by atoms with Crippen LogP contribution < -0.4 is 0 Å². The van der Waals surface area contributed by atoms with Gasteiger partial charge in [-0.1, -0.05) is 0 Å². The lowest BCUT2D eigenvalue weighted by Gasteiger charge is -2.04. The van der Waals surface area contributed by atoms with Crippen molar-refractivity contribution < 1.29 is 9.84 Å². The molecule has 0 spiro atoms. The second kappa shape index (κ2) is 1.46. The monoisotopic (exact) mass is 101 g/mol. The lowest BCUT2D eigenvalue weighted by molar-refractivity contribution is 0.00123. The van der Waals surface area contributed by atoms with Crippen molar-refractivity contribution in [2.75, 3.05) is 13.7 Å². The van der Waals surface area contributed by atoms with Crippen LogP contribution in [0.5, 0.6) is 0 Å². The zero-order valence-electron chi connectivity index (χ0n) is 4.44. The van der Waals surface area contributed by atoms with Crippen molar-refractivity contribution in [3.8, 4) is 0 Å². The van der Waals surface area contributed by atoms with Gasteiger partial charge in [0.05, 0.1) is 5.60 Å². The number of ether oxygens (including phenoxy) is 1. The maximum absolute atomic E-state index is 10.1. The smallest absolute Gasteiger partial charge is 0.111 e. The predicted molar refractivity (Wildman–Crippen MR) is 24.5 cm³/mol. The van der Waals surface area contributed by atoms with Gasteiger partial charge in [-0.3, -0.25) is 0 Å². The Kier molecular flexibility index (Phi) is 1.05. The first-order chi connectivity index (χ1) is 3.33. The molecule has 7 heavy (non-hydrogen) atoms. The number of hydrogen-bond acceptors (Lipinski definition) is 1. The van der Waals surface area contributed by atoms with Crippen LogP contribution in [0.4, 0.5) is 0 Å². The molecule has 0 aromatic carbocycles. The first-order valence-corrected chi connectivity index (χ1v) is 2.46. The third-order valence-electron chi connectivity index (χ3n) is 1.50. The Morgan fingerprint density at radius 1 is 1.71 bits per heavy atom.